The third-order valence-corrected chi connectivity index (χ3v) is 16.8. The van der Waals surface area contributed by atoms with E-state index in [0.29, 0.717) is 12.8 Å². The largest absolute Gasteiger partial charge is 0.394 e. The van der Waals surface area contributed by atoms with Gasteiger partial charge in [-0.25, -0.2) is 0 Å². The maximum atomic E-state index is 13.2. The lowest BCUT2D eigenvalue weighted by Crippen LogP contribution is -2.60. The standard InChI is InChI=1S/C74H135NO8/c1-3-5-7-9-11-13-15-17-19-21-23-25-27-29-30-31-32-33-34-35-36-37-38-40-42-44-46-48-50-52-54-56-58-60-62-64-70(78)75-67(66-82-74-73(81)72(80)71(79)69(65-76)83-74)68(77)63-61-59-57-55-53-51-49-47-45-43-41-39-28-26-24-22-20-18-16-14-12-10-8-6-4-2/h5,7,11,13,17,19,23,25,29-30,32-33,67-69,71-74,76-77,79-81H,3-4,6,8-10,12,14-16,18,20-22,24,26-28,31,34-66H2,1-2H3,(H,75,78)/b7-5-,13-11-,19-17-,25-23-,30-29-,33-32-. The number of amides is 1. The summed E-state index contributed by atoms with van der Waals surface area (Å²) in [6.45, 7) is 3.77. The lowest BCUT2D eigenvalue weighted by molar-refractivity contribution is -0.302. The molecule has 0 aromatic rings. The molecule has 0 aromatic heterocycles. The number of unbranched alkanes of at least 4 members (excludes halogenated alkanes) is 40. The van der Waals surface area contributed by atoms with Crippen LogP contribution in [0.15, 0.2) is 72.9 Å². The summed E-state index contributed by atoms with van der Waals surface area (Å²) in [4.78, 5) is 13.2. The highest BCUT2D eigenvalue weighted by atomic mass is 16.7. The first-order valence-electron chi connectivity index (χ1n) is 35.6. The third kappa shape index (κ3) is 51.4. The van der Waals surface area contributed by atoms with Gasteiger partial charge in [0.05, 0.1) is 25.4 Å². The third-order valence-electron chi connectivity index (χ3n) is 16.8. The van der Waals surface area contributed by atoms with Crippen molar-refractivity contribution in [2.45, 2.75) is 378 Å². The van der Waals surface area contributed by atoms with Crippen molar-refractivity contribution >= 4 is 5.91 Å². The molecular weight excluding hydrogens is 1030 g/mol. The van der Waals surface area contributed by atoms with E-state index in [1.807, 2.05) is 0 Å². The van der Waals surface area contributed by atoms with E-state index in [9.17, 15) is 30.3 Å². The van der Waals surface area contributed by atoms with E-state index >= 15 is 0 Å². The zero-order valence-electron chi connectivity index (χ0n) is 54.2. The first kappa shape index (κ1) is 78.6. The molecule has 9 heteroatoms. The summed E-state index contributed by atoms with van der Waals surface area (Å²) in [5.41, 5.74) is 0. The zero-order valence-corrected chi connectivity index (χ0v) is 54.2. The van der Waals surface area contributed by atoms with E-state index < -0.39 is 49.5 Å². The summed E-state index contributed by atoms with van der Waals surface area (Å²) >= 11 is 0. The summed E-state index contributed by atoms with van der Waals surface area (Å²) in [6.07, 6.45) is 81.1. The minimum atomic E-state index is -1.56. The number of nitrogens with one attached hydrogen (secondary N) is 1. The zero-order chi connectivity index (χ0) is 60.0. The van der Waals surface area contributed by atoms with Crippen LogP contribution in [0.2, 0.25) is 0 Å². The lowest BCUT2D eigenvalue weighted by atomic mass is 9.99. The number of carbonyl (C=O) groups is 1. The molecule has 7 unspecified atom stereocenters. The van der Waals surface area contributed by atoms with Gasteiger partial charge in [-0.2, -0.15) is 0 Å². The highest BCUT2D eigenvalue weighted by Gasteiger charge is 2.44. The molecule has 0 aromatic carbocycles. The molecule has 0 saturated carbocycles. The fourth-order valence-corrected chi connectivity index (χ4v) is 11.3. The number of rotatable bonds is 62. The van der Waals surface area contributed by atoms with Gasteiger partial charge in [0, 0.05) is 6.42 Å². The van der Waals surface area contributed by atoms with Gasteiger partial charge in [-0.1, -0.05) is 337 Å². The molecule has 1 amide bonds. The smallest absolute Gasteiger partial charge is 0.220 e. The maximum Gasteiger partial charge on any atom is 0.220 e. The fourth-order valence-electron chi connectivity index (χ4n) is 11.3. The molecule has 7 atom stereocenters. The summed E-state index contributed by atoms with van der Waals surface area (Å²) < 4.78 is 11.4. The van der Waals surface area contributed by atoms with Gasteiger partial charge in [-0.15, -0.1) is 0 Å². The van der Waals surface area contributed by atoms with Crippen LogP contribution in [0.5, 0.6) is 0 Å². The van der Waals surface area contributed by atoms with Crippen molar-refractivity contribution < 1.29 is 39.8 Å². The molecular formula is C74H135NO8. The lowest BCUT2D eigenvalue weighted by Gasteiger charge is -2.40. The summed E-state index contributed by atoms with van der Waals surface area (Å²) in [6, 6.07) is -0.723. The molecule has 1 fully saturated rings. The van der Waals surface area contributed by atoms with E-state index in [2.05, 4.69) is 92.1 Å². The highest BCUT2D eigenvalue weighted by Crippen LogP contribution is 2.24. The second-order valence-corrected chi connectivity index (χ2v) is 24.7. The van der Waals surface area contributed by atoms with E-state index in [0.717, 1.165) is 77.0 Å². The van der Waals surface area contributed by atoms with Crippen LogP contribution in [0.1, 0.15) is 335 Å². The Morgan fingerprint density at radius 1 is 0.422 bits per heavy atom. The quantitative estimate of drug-likeness (QED) is 0.0261. The van der Waals surface area contributed by atoms with Crippen molar-refractivity contribution in [1.29, 1.82) is 0 Å². The van der Waals surface area contributed by atoms with Crippen molar-refractivity contribution in [1.82, 2.24) is 5.32 Å². The first-order chi connectivity index (χ1) is 40.8. The predicted molar refractivity (Wildman–Crippen MR) is 355 cm³/mol. The van der Waals surface area contributed by atoms with Crippen LogP contribution < -0.4 is 5.32 Å². The number of ether oxygens (including phenoxy) is 2. The Kier molecular flexibility index (Phi) is 59.4. The Morgan fingerprint density at radius 2 is 0.747 bits per heavy atom. The van der Waals surface area contributed by atoms with Gasteiger partial charge in [-0.05, 0) is 64.2 Å². The van der Waals surface area contributed by atoms with Crippen molar-refractivity contribution in [2.24, 2.45) is 0 Å². The molecule has 1 rings (SSSR count). The Bertz CT molecular complexity index is 1540. The molecule has 0 radical (unpaired) electrons. The number of allylic oxidation sites excluding steroid dienone is 12. The number of carbonyl (C=O) groups excluding carboxylic acids is 1. The number of aliphatic hydroxyl groups excluding tert-OH is 5. The summed E-state index contributed by atoms with van der Waals surface area (Å²) in [5, 5.41) is 55.0. The molecule has 1 saturated heterocycles. The summed E-state index contributed by atoms with van der Waals surface area (Å²) in [7, 11) is 0. The molecule has 9 nitrogen and oxygen atoms in total. The van der Waals surface area contributed by atoms with Crippen LogP contribution in [-0.4, -0.2) is 87.5 Å². The van der Waals surface area contributed by atoms with E-state index in [1.54, 1.807) is 0 Å². The predicted octanol–water partition coefficient (Wildman–Crippen LogP) is 19.5. The van der Waals surface area contributed by atoms with E-state index in [-0.39, 0.29) is 12.5 Å². The molecule has 1 heterocycles. The molecule has 83 heavy (non-hydrogen) atoms. The average molecular weight is 1170 g/mol. The van der Waals surface area contributed by atoms with Crippen LogP contribution in [0.25, 0.3) is 0 Å². The normalized spacial score (nSPS) is 18.7. The van der Waals surface area contributed by atoms with Gasteiger partial charge >= 0.3 is 0 Å². The van der Waals surface area contributed by atoms with E-state index in [4.69, 9.17) is 9.47 Å². The van der Waals surface area contributed by atoms with Gasteiger partial charge in [0.1, 0.15) is 24.4 Å². The van der Waals surface area contributed by atoms with Gasteiger partial charge in [0.2, 0.25) is 5.91 Å². The second kappa shape index (κ2) is 62.7. The summed E-state index contributed by atoms with van der Waals surface area (Å²) in [5.74, 6) is -0.141. The SMILES string of the molecule is CC/C=C\C/C=C\C/C=C\C/C=C\C/C=C\C/C=C\CCCCCCCCCCCCCCCCCCC(=O)NC(COC1OC(CO)C(O)C(O)C1O)C(O)CCCCCCCCCCCCCCCCCCCCCCCCCCC. The van der Waals surface area contributed by atoms with Gasteiger partial charge in [-0.3, -0.25) is 4.79 Å². The molecule has 1 aliphatic heterocycles. The first-order valence-corrected chi connectivity index (χ1v) is 35.6. The van der Waals surface area contributed by atoms with Crippen LogP contribution in [0.4, 0.5) is 0 Å². The van der Waals surface area contributed by atoms with Crippen LogP contribution in [0.3, 0.4) is 0 Å². The minimum absolute atomic E-state index is 0.137. The second-order valence-electron chi connectivity index (χ2n) is 24.7. The topological polar surface area (TPSA) is 149 Å². The Balaban J connectivity index is 2.10. The molecule has 6 N–H and O–H groups in total. The van der Waals surface area contributed by atoms with Crippen LogP contribution in [-0.2, 0) is 14.3 Å². The Labute approximate surface area is 512 Å². The van der Waals surface area contributed by atoms with Crippen LogP contribution >= 0.6 is 0 Å². The van der Waals surface area contributed by atoms with Gasteiger partial charge in [0.25, 0.3) is 0 Å². The molecule has 0 aliphatic carbocycles. The molecule has 1 aliphatic rings. The van der Waals surface area contributed by atoms with Gasteiger partial charge < -0.3 is 40.3 Å². The van der Waals surface area contributed by atoms with Crippen molar-refractivity contribution in [2.75, 3.05) is 13.2 Å². The van der Waals surface area contributed by atoms with Gasteiger partial charge in [0.15, 0.2) is 6.29 Å². The number of hydrogen-bond acceptors (Lipinski definition) is 8. The maximum absolute atomic E-state index is 13.2. The minimum Gasteiger partial charge on any atom is -0.394 e. The van der Waals surface area contributed by atoms with Crippen molar-refractivity contribution in [3.63, 3.8) is 0 Å². The van der Waals surface area contributed by atoms with E-state index in [1.165, 1.54) is 231 Å². The van der Waals surface area contributed by atoms with Crippen LogP contribution in [0, 0.1) is 0 Å². The molecule has 0 spiro atoms. The monoisotopic (exact) mass is 1170 g/mol. The Hall–Kier alpha value is -2.37. The Morgan fingerprint density at radius 3 is 1.11 bits per heavy atom. The number of aliphatic hydroxyl groups is 5. The average Bonchev–Trinajstić information content (AvgIpc) is 3.60. The van der Waals surface area contributed by atoms with Crippen molar-refractivity contribution in [3.05, 3.63) is 72.9 Å². The molecule has 0 bridgehead atoms. The molecule has 484 valence electrons. The fraction of sp³-hybridized carbons (Fsp3) is 0.824. The number of hydrogen-bond donors (Lipinski definition) is 6. The van der Waals surface area contributed by atoms with Crippen molar-refractivity contribution in [3.8, 4) is 0 Å². The highest BCUT2D eigenvalue weighted by molar-refractivity contribution is 5.76.